The van der Waals surface area contributed by atoms with E-state index in [9.17, 15) is 4.79 Å². The van der Waals surface area contributed by atoms with Gasteiger partial charge in [-0.2, -0.15) is 10.2 Å². The number of rotatable bonds is 9. The molecule has 0 aliphatic carbocycles. The van der Waals surface area contributed by atoms with Gasteiger partial charge in [0.15, 0.2) is 0 Å². The molecule has 0 bridgehead atoms. The number of benzene rings is 3. The maximum atomic E-state index is 13.1. The van der Waals surface area contributed by atoms with Crippen molar-refractivity contribution in [2.75, 3.05) is 7.11 Å². The van der Waals surface area contributed by atoms with Crippen molar-refractivity contribution in [2.45, 2.75) is 30.5 Å². The van der Waals surface area contributed by atoms with E-state index in [1.165, 1.54) is 11.8 Å². The van der Waals surface area contributed by atoms with Crippen LogP contribution >= 0.6 is 27.7 Å². The molecule has 36 heavy (non-hydrogen) atoms. The Hall–Kier alpha value is -3.36. The molecule has 8 heteroatoms. The molecule has 1 aromatic heterocycles. The van der Waals surface area contributed by atoms with E-state index >= 15 is 0 Å². The van der Waals surface area contributed by atoms with Crippen LogP contribution in [0, 0.1) is 13.8 Å². The van der Waals surface area contributed by atoms with E-state index in [0.29, 0.717) is 6.54 Å². The number of aryl methyl sites for hydroxylation is 1. The molecule has 184 valence electrons. The molecular formula is C28H27BrN4O2S. The van der Waals surface area contributed by atoms with E-state index in [1.54, 1.807) is 13.3 Å². The molecule has 0 spiro atoms. The van der Waals surface area contributed by atoms with Crippen LogP contribution in [0.2, 0.25) is 0 Å². The first-order valence-corrected chi connectivity index (χ1v) is 13.1. The largest absolute Gasteiger partial charge is 0.496 e. The van der Waals surface area contributed by atoms with E-state index in [2.05, 4.69) is 31.6 Å². The van der Waals surface area contributed by atoms with Crippen LogP contribution in [0.5, 0.6) is 5.75 Å². The fraction of sp³-hybridized carbons (Fsp3) is 0.179. The molecule has 3 aromatic carbocycles. The Labute approximate surface area is 223 Å². The van der Waals surface area contributed by atoms with Gasteiger partial charge in [0, 0.05) is 10.5 Å². The summed E-state index contributed by atoms with van der Waals surface area (Å²) in [5, 5.41) is 8.43. The molecule has 4 aromatic rings. The second-order valence-corrected chi connectivity index (χ2v) is 10.1. The SMILES string of the molecule is COc1ccc(/C=N\NC(=O)[C@H](Sc2ccccc2)c2ccccc2)cc1Cn1nc(C)c(Br)c1C. The Morgan fingerprint density at radius 2 is 1.81 bits per heavy atom. The minimum absolute atomic E-state index is 0.187. The zero-order chi connectivity index (χ0) is 25.5. The Kier molecular flexibility index (Phi) is 8.61. The van der Waals surface area contributed by atoms with E-state index in [0.717, 1.165) is 43.2 Å². The molecule has 1 N–H and O–H groups in total. The number of hydrogen-bond donors (Lipinski definition) is 1. The van der Waals surface area contributed by atoms with Gasteiger partial charge < -0.3 is 4.74 Å². The summed E-state index contributed by atoms with van der Waals surface area (Å²) in [5.74, 6) is 0.579. The Bertz CT molecular complexity index is 1360. The number of aromatic nitrogens is 2. The Morgan fingerprint density at radius 3 is 2.44 bits per heavy atom. The number of halogens is 1. The molecule has 1 atom stereocenters. The number of nitrogens with zero attached hydrogens (tertiary/aromatic N) is 3. The van der Waals surface area contributed by atoms with Crippen molar-refractivity contribution in [1.29, 1.82) is 0 Å². The molecule has 0 aliphatic heterocycles. The summed E-state index contributed by atoms with van der Waals surface area (Å²) in [4.78, 5) is 14.2. The van der Waals surface area contributed by atoms with E-state index < -0.39 is 5.25 Å². The van der Waals surface area contributed by atoms with Crippen LogP contribution in [0.1, 0.15) is 33.3 Å². The highest BCUT2D eigenvalue weighted by Crippen LogP contribution is 2.35. The maximum Gasteiger partial charge on any atom is 0.258 e. The number of hydrazone groups is 1. The van der Waals surface area contributed by atoms with Gasteiger partial charge in [-0.3, -0.25) is 9.48 Å². The van der Waals surface area contributed by atoms with Gasteiger partial charge >= 0.3 is 0 Å². The van der Waals surface area contributed by atoms with Gasteiger partial charge in [0.1, 0.15) is 11.0 Å². The van der Waals surface area contributed by atoms with Crippen molar-refractivity contribution in [3.63, 3.8) is 0 Å². The number of methoxy groups -OCH3 is 1. The highest BCUT2D eigenvalue weighted by atomic mass is 79.9. The van der Waals surface area contributed by atoms with Crippen molar-refractivity contribution in [3.05, 3.63) is 111 Å². The van der Waals surface area contributed by atoms with Crippen molar-refractivity contribution in [3.8, 4) is 5.75 Å². The van der Waals surface area contributed by atoms with Crippen LogP contribution in [0.15, 0.2) is 93.3 Å². The summed E-state index contributed by atoms with van der Waals surface area (Å²) in [6.45, 7) is 4.54. The van der Waals surface area contributed by atoms with Crippen molar-refractivity contribution in [2.24, 2.45) is 5.10 Å². The average Bonchev–Trinajstić information content (AvgIpc) is 3.14. The molecule has 0 fully saturated rings. The molecule has 1 heterocycles. The summed E-state index contributed by atoms with van der Waals surface area (Å²) in [6, 6.07) is 25.4. The lowest BCUT2D eigenvalue weighted by Crippen LogP contribution is -2.23. The first-order chi connectivity index (χ1) is 17.5. The third-order valence-corrected chi connectivity index (χ3v) is 8.06. The third kappa shape index (κ3) is 6.25. The van der Waals surface area contributed by atoms with Crippen LogP contribution in [-0.4, -0.2) is 29.0 Å². The normalized spacial score (nSPS) is 12.0. The number of nitrogens with one attached hydrogen (secondary N) is 1. The number of carbonyl (C=O) groups excluding carboxylic acids is 1. The van der Waals surface area contributed by atoms with Crippen LogP contribution in [0.4, 0.5) is 0 Å². The highest BCUT2D eigenvalue weighted by molar-refractivity contribution is 9.10. The fourth-order valence-electron chi connectivity index (χ4n) is 3.76. The van der Waals surface area contributed by atoms with Crippen LogP contribution in [-0.2, 0) is 11.3 Å². The van der Waals surface area contributed by atoms with Gasteiger partial charge in [-0.25, -0.2) is 5.43 Å². The number of amides is 1. The molecule has 0 saturated carbocycles. The van der Waals surface area contributed by atoms with Gasteiger partial charge in [0.05, 0.1) is 35.7 Å². The quantitative estimate of drug-likeness (QED) is 0.147. The smallest absolute Gasteiger partial charge is 0.258 e. The van der Waals surface area contributed by atoms with Gasteiger partial charge in [-0.1, -0.05) is 48.5 Å². The first-order valence-electron chi connectivity index (χ1n) is 11.4. The monoisotopic (exact) mass is 562 g/mol. The van der Waals surface area contributed by atoms with E-state index in [4.69, 9.17) is 4.74 Å². The van der Waals surface area contributed by atoms with E-state index in [-0.39, 0.29) is 5.91 Å². The lowest BCUT2D eigenvalue weighted by molar-refractivity contribution is -0.120. The lowest BCUT2D eigenvalue weighted by atomic mass is 10.1. The predicted octanol–water partition coefficient (Wildman–Crippen LogP) is 6.30. The average molecular weight is 564 g/mol. The molecular weight excluding hydrogens is 536 g/mol. The molecule has 0 unspecified atom stereocenters. The van der Waals surface area contributed by atoms with Gasteiger partial charge in [0.25, 0.3) is 5.91 Å². The molecule has 4 rings (SSSR count). The number of thioether (sulfide) groups is 1. The molecule has 1 amide bonds. The molecule has 6 nitrogen and oxygen atoms in total. The second-order valence-electron chi connectivity index (χ2n) is 8.17. The topological polar surface area (TPSA) is 68.5 Å². The first kappa shape index (κ1) is 25.7. The summed E-state index contributed by atoms with van der Waals surface area (Å²) in [7, 11) is 1.65. The summed E-state index contributed by atoms with van der Waals surface area (Å²) in [6.07, 6.45) is 1.65. The minimum atomic E-state index is -0.429. The molecule has 0 saturated heterocycles. The summed E-state index contributed by atoms with van der Waals surface area (Å²) < 4.78 is 8.50. The van der Waals surface area contributed by atoms with Crippen molar-refractivity contribution in [1.82, 2.24) is 15.2 Å². The summed E-state index contributed by atoms with van der Waals surface area (Å²) in [5.41, 5.74) is 7.44. The van der Waals surface area contributed by atoms with Crippen molar-refractivity contribution < 1.29 is 9.53 Å². The van der Waals surface area contributed by atoms with Crippen LogP contribution in [0.25, 0.3) is 0 Å². The molecule has 0 radical (unpaired) electrons. The maximum absolute atomic E-state index is 13.1. The lowest BCUT2D eigenvalue weighted by Gasteiger charge is -2.15. The highest BCUT2D eigenvalue weighted by Gasteiger charge is 2.21. The Morgan fingerprint density at radius 1 is 1.11 bits per heavy atom. The van der Waals surface area contributed by atoms with Crippen LogP contribution < -0.4 is 10.2 Å². The summed E-state index contributed by atoms with van der Waals surface area (Å²) >= 11 is 5.08. The standard InChI is InChI=1S/C28H27BrN4O2S/c1-19-26(29)20(2)33(32-19)18-23-16-21(14-15-25(23)35-3)17-30-31-28(34)27(22-10-6-4-7-11-22)36-24-12-8-5-9-13-24/h4-17,27H,18H2,1-3H3,(H,31,34)/b30-17-/t27-/m1/s1. The third-order valence-electron chi connectivity index (χ3n) is 5.64. The fourth-order valence-corrected chi connectivity index (χ4v) is 5.08. The second kappa shape index (κ2) is 12.1. The number of ether oxygens (including phenoxy) is 1. The zero-order valence-electron chi connectivity index (χ0n) is 20.3. The zero-order valence-corrected chi connectivity index (χ0v) is 22.7. The predicted molar refractivity (Wildman–Crippen MR) is 149 cm³/mol. The van der Waals surface area contributed by atoms with Crippen molar-refractivity contribution >= 4 is 39.8 Å². The van der Waals surface area contributed by atoms with E-state index in [1.807, 2.05) is 97.4 Å². The van der Waals surface area contributed by atoms with Crippen LogP contribution in [0.3, 0.4) is 0 Å². The number of carbonyl (C=O) groups is 1. The van der Waals surface area contributed by atoms with Gasteiger partial charge in [0.2, 0.25) is 0 Å². The van der Waals surface area contributed by atoms with Gasteiger partial charge in [-0.15, -0.1) is 11.8 Å². The molecule has 0 aliphatic rings. The Balaban J connectivity index is 1.50. The van der Waals surface area contributed by atoms with Gasteiger partial charge in [-0.05, 0) is 71.2 Å². The number of hydrogen-bond acceptors (Lipinski definition) is 5. The minimum Gasteiger partial charge on any atom is -0.496 e.